The first-order valence-corrected chi connectivity index (χ1v) is 6.75. The summed E-state index contributed by atoms with van der Waals surface area (Å²) in [6, 6.07) is 0.185. The predicted octanol–water partition coefficient (Wildman–Crippen LogP) is 1.47. The Kier molecular flexibility index (Phi) is 4.80. The Bertz CT molecular complexity index is 251. The number of nitrogens with two attached hydrogens (primary N) is 1. The van der Waals surface area contributed by atoms with Crippen LogP contribution in [0.25, 0.3) is 0 Å². The summed E-state index contributed by atoms with van der Waals surface area (Å²) < 4.78 is 10.7. The molecule has 2 rings (SSSR count). The van der Waals surface area contributed by atoms with E-state index in [2.05, 4.69) is 0 Å². The number of carbonyl (C=O) groups is 1. The van der Waals surface area contributed by atoms with Crippen molar-refractivity contribution in [3.05, 3.63) is 0 Å². The van der Waals surface area contributed by atoms with Crippen molar-refractivity contribution in [3.63, 3.8) is 0 Å². The van der Waals surface area contributed by atoms with Crippen LogP contribution in [0.5, 0.6) is 0 Å². The molecular formula is C13H23NO3. The zero-order chi connectivity index (χ0) is 12.1. The standard InChI is InChI=1S/C13H23NO3/c14-12-3-1-2-11(8-12)13(15)17-9-10-4-6-16-7-5-10/h10-12H,1-9,14H2. The van der Waals surface area contributed by atoms with E-state index in [-0.39, 0.29) is 17.9 Å². The second kappa shape index (κ2) is 6.36. The lowest BCUT2D eigenvalue weighted by Gasteiger charge is -2.26. The Hall–Kier alpha value is -0.610. The van der Waals surface area contributed by atoms with Gasteiger partial charge in [0, 0.05) is 19.3 Å². The molecule has 2 aliphatic rings. The maximum Gasteiger partial charge on any atom is 0.308 e. The zero-order valence-corrected chi connectivity index (χ0v) is 10.4. The molecule has 2 fully saturated rings. The van der Waals surface area contributed by atoms with Gasteiger partial charge in [0.1, 0.15) is 0 Å². The number of ether oxygens (including phenoxy) is 2. The topological polar surface area (TPSA) is 61.6 Å². The second-order valence-electron chi connectivity index (χ2n) is 5.31. The van der Waals surface area contributed by atoms with Crippen LogP contribution < -0.4 is 5.73 Å². The lowest BCUT2D eigenvalue weighted by Crippen LogP contribution is -2.33. The van der Waals surface area contributed by atoms with Crippen molar-refractivity contribution in [2.45, 2.75) is 44.6 Å². The third kappa shape index (κ3) is 3.96. The highest BCUT2D eigenvalue weighted by atomic mass is 16.5. The van der Waals surface area contributed by atoms with Crippen molar-refractivity contribution >= 4 is 5.97 Å². The third-order valence-electron chi connectivity index (χ3n) is 3.85. The fraction of sp³-hybridized carbons (Fsp3) is 0.923. The highest BCUT2D eigenvalue weighted by Gasteiger charge is 2.27. The minimum Gasteiger partial charge on any atom is -0.465 e. The van der Waals surface area contributed by atoms with Gasteiger partial charge >= 0.3 is 5.97 Å². The molecule has 1 heterocycles. The molecule has 1 saturated heterocycles. The number of carbonyl (C=O) groups excluding carboxylic acids is 1. The summed E-state index contributed by atoms with van der Waals surface area (Å²) in [6.45, 7) is 2.17. The van der Waals surface area contributed by atoms with E-state index in [9.17, 15) is 4.79 Å². The van der Waals surface area contributed by atoms with Crippen LogP contribution in [0, 0.1) is 11.8 Å². The lowest BCUT2D eigenvalue weighted by atomic mass is 9.86. The van der Waals surface area contributed by atoms with E-state index in [1.165, 1.54) is 0 Å². The van der Waals surface area contributed by atoms with E-state index in [0.29, 0.717) is 12.5 Å². The summed E-state index contributed by atoms with van der Waals surface area (Å²) in [5.41, 5.74) is 5.88. The molecule has 2 unspecified atom stereocenters. The Labute approximate surface area is 103 Å². The van der Waals surface area contributed by atoms with Gasteiger partial charge in [-0.3, -0.25) is 4.79 Å². The van der Waals surface area contributed by atoms with Gasteiger partial charge in [-0.15, -0.1) is 0 Å². The van der Waals surface area contributed by atoms with Crippen LogP contribution in [-0.2, 0) is 14.3 Å². The van der Waals surface area contributed by atoms with Crippen LogP contribution in [0.1, 0.15) is 38.5 Å². The highest BCUT2D eigenvalue weighted by molar-refractivity contribution is 5.72. The first kappa shape index (κ1) is 12.8. The molecule has 4 heteroatoms. The van der Waals surface area contributed by atoms with Gasteiger partial charge in [-0.05, 0) is 38.0 Å². The van der Waals surface area contributed by atoms with Crippen molar-refractivity contribution in [3.8, 4) is 0 Å². The smallest absolute Gasteiger partial charge is 0.308 e. The van der Waals surface area contributed by atoms with Crippen LogP contribution in [-0.4, -0.2) is 31.8 Å². The molecule has 1 aliphatic carbocycles. The largest absolute Gasteiger partial charge is 0.465 e. The van der Waals surface area contributed by atoms with Gasteiger partial charge in [-0.25, -0.2) is 0 Å². The van der Waals surface area contributed by atoms with E-state index in [0.717, 1.165) is 51.7 Å². The minimum atomic E-state index is -0.0355. The average molecular weight is 241 g/mol. The van der Waals surface area contributed by atoms with E-state index in [1.54, 1.807) is 0 Å². The molecule has 1 saturated carbocycles. The molecule has 1 aliphatic heterocycles. The summed E-state index contributed by atoms with van der Waals surface area (Å²) in [7, 11) is 0. The molecule has 0 aromatic heterocycles. The quantitative estimate of drug-likeness (QED) is 0.760. The average Bonchev–Trinajstić information content (AvgIpc) is 2.37. The highest BCUT2D eigenvalue weighted by Crippen LogP contribution is 2.25. The molecule has 2 N–H and O–H groups in total. The summed E-state index contributed by atoms with van der Waals surface area (Å²) >= 11 is 0. The van der Waals surface area contributed by atoms with E-state index in [1.807, 2.05) is 0 Å². The Morgan fingerprint density at radius 2 is 2.00 bits per heavy atom. The van der Waals surface area contributed by atoms with E-state index < -0.39 is 0 Å². The van der Waals surface area contributed by atoms with Gasteiger partial charge in [0.05, 0.1) is 12.5 Å². The summed E-state index contributed by atoms with van der Waals surface area (Å²) in [4.78, 5) is 11.9. The molecule has 0 bridgehead atoms. The maximum atomic E-state index is 11.9. The molecule has 4 nitrogen and oxygen atoms in total. The number of esters is 1. The molecule has 98 valence electrons. The molecule has 0 spiro atoms. The molecule has 0 radical (unpaired) electrons. The SMILES string of the molecule is NC1CCCC(C(=O)OCC2CCOCC2)C1. The maximum absolute atomic E-state index is 11.9. The zero-order valence-electron chi connectivity index (χ0n) is 10.4. The van der Waals surface area contributed by atoms with E-state index in [4.69, 9.17) is 15.2 Å². The first-order valence-electron chi connectivity index (χ1n) is 6.75. The predicted molar refractivity (Wildman–Crippen MR) is 64.4 cm³/mol. The summed E-state index contributed by atoms with van der Waals surface area (Å²) in [6.07, 6.45) is 5.86. The van der Waals surface area contributed by atoms with Crippen LogP contribution >= 0.6 is 0 Å². The normalized spacial score (nSPS) is 31.1. The Balaban J connectivity index is 1.69. The molecule has 17 heavy (non-hydrogen) atoms. The van der Waals surface area contributed by atoms with Crippen LogP contribution in [0.15, 0.2) is 0 Å². The van der Waals surface area contributed by atoms with Crippen LogP contribution in [0.4, 0.5) is 0 Å². The fourth-order valence-corrected chi connectivity index (χ4v) is 2.67. The summed E-state index contributed by atoms with van der Waals surface area (Å²) in [5.74, 6) is 0.496. The van der Waals surface area contributed by atoms with Gasteiger partial charge in [0.25, 0.3) is 0 Å². The van der Waals surface area contributed by atoms with Crippen LogP contribution in [0.3, 0.4) is 0 Å². The Morgan fingerprint density at radius 3 is 2.71 bits per heavy atom. The van der Waals surface area contributed by atoms with Gasteiger partial charge in [-0.1, -0.05) is 6.42 Å². The van der Waals surface area contributed by atoms with Crippen LogP contribution in [0.2, 0.25) is 0 Å². The minimum absolute atomic E-state index is 0.0355. The molecular weight excluding hydrogens is 218 g/mol. The van der Waals surface area contributed by atoms with Crippen molar-refractivity contribution in [1.82, 2.24) is 0 Å². The monoisotopic (exact) mass is 241 g/mol. The van der Waals surface area contributed by atoms with Crippen molar-refractivity contribution in [2.75, 3.05) is 19.8 Å². The van der Waals surface area contributed by atoms with Crippen molar-refractivity contribution in [2.24, 2.45) is 17.6 Å². The van der Waals surface area contributed by atoms with Gasteiger partial charge in [0.2, 0.25) is 0 Å². The second-order valence-corrected chi connectivity index (χ2v) is 5.31. The van der Waals surface area contributed by atoms with E-state index >= 15 is 0 Å². The lowest BCUT2D eigenvalue weighted by molar-refractivity contribution is -0.152. The molecule has 0 aromatic rings. The summed E-state index contributed by atoms with van der Waals surface area (Å²) in [5, 5.41) is 0. The first-order chi connectivity index (χ1) is 8.25. The van der Waals surface area contributed by atoms with Gasteiger partial charge in [0.15, 0.2) is 0 Å². The number of hydrogen-bond donors (Lipinski definition) is 1. The number of hydrogen-bond acceptors (Lipinski definition) is 4. The van der Waals surface area contributed by atoms with Crippen molar-refractivity contribution in [1.29, 1.82) is 0 Å². The van der Waals surface area contributed by atoms with Gasteiger partial charge < -0.3 is 15.2 Å². The number of rotatable bonds is 3. The Morgan fingerprint density at radius 1 is 1.24 bits per heavy atom. The molecule has 0 amide bonds. The molecule has 2 atom stereocenters. The van der Waals surface area contributed by atoms with Gasteiger partial charge in [-0.2, -0.15) is 0 Å². The fourth-order valence-electron chi connectivity index (χ4n) is 2.67. The molecule has 0 aromatic carbocycles. The third-order valence-corrected chi connectivity index (χ3v) is 3.85. The van der Waals surface area contributed by atoms with Crippen molar-refractivity contribution < 1.29 is 14.3 Å².